The van der Waals surface area contributed by atoms with Crippen molar-refractivity contribution in [1.82, 2.24) is 4.98 Å². The Balaban J connectivity index is 1.68. The second kappa shape index (κ2) is 9.38. The Morgan fingerprint density at radius 1 is 1.00 bits per heavy atom. The maximum Gasteiger partial charge on any atom is 0.341 e. The first-order valence-corrected chi connectivity index (χ1v) is 12.7. The lowest BCUT2D eigenvalue weighted by Crippen LogP contribution is -2.09. The van der Waals surface area contributed by atoms with E-state index >= 15 is 0 Å². The van der Waals surface area contributed by atoms with Crippen LogP contribution in [0.2, 0.25) is 5.02 Å². The van der Waals surface area contributed by atoms with Crippen molar-refractivity contribution in [1.29, 1.82) is 0 Å². The molecule has 11 heteroatoms. The number of ether oxygens (including phenoxy) is 2. The van der Waals surface area contributed by atoms with Crippen LogP contribution in [0.4, 0.5) is 0 Å². The van der Waals surface area contributed by atoms with E-state index in [4.69, 9.17) is 26.2 Å². The minimum absolute atomic E-state index is 0.112. The molecule has 0 saturated heterocycles. The van der Waals surface area contributed by atoms with Crippen LogP contribution in [-0.2, 0) is 14.6 Å². The number of sulfone groups is 1. The van der Waals surface area contributed by atoms with E-state index in [2.05, 4.69) is 36.8 Å². The molecule has 0 radical (unpaired) electrons. The molecule has 1 aromatic heterocycles. The van der Waals surface area contributed by atoms with Gasteiger partial charge in [-0.15, -0.1) is 0 Å². The van der Waals surface area contributed by atoms with Gasteiger partial charge in [-0.1, -0.05) is 11.6 Å². The quantitative estimate of drug-likeness (QED) is 0.248. The van der Waals surface area contributed by atoms with Crippen LogP contribution in [0.25, 0.3) is 10.9 Å². The molecular weight excluding hydrogens is 602 g/mol. The Morgan fingerprint density at radius 2 is 1.67 bits per heavy atom. The van der Waals surface area contributed by atoms with E-state index in [0.717, 1.165) is 0 Å². The molecule has 0 unspecified atom stereocenters. The number of hydrogen-bond donors (Lipinski definition) is 2. The summed E-state index contributed by atoms with van der Waals surface area (Å²) in [6, 6.07) is 14.2. The summed E-state index contributed by atoms with van der Waals surface area (Å²) in [7, 11) is -3.79. The molecule has 4 rings (SSSR count). The van der Waals surface area contributed by atoms with E-state index in [1.807, 2.05) is 0 Å². The first-order valence-electron chi connectivity index (χ1n) is 9.28. The second-order valence-electron chi connectivity index (χ2n) is 6.82. The van der Waals surface area contributed by atoms with E-state index in [1.54, 1.807) is 30.3 Å². The summed E-state index contributed by atoms with van der Waals surface area (Å²) in [6.07, 6.45) is 1.44. The topological polar surface area (TPSA) is 106 Å². The van der Waals surface area contributed by atoms with Gasteiger partial charge in [-0.05, 0) is 86.5 Å². The summed E-state index contributed by atoms with van der Waals surface area (Å²) in [5, 5.41) is 9.68. The fourth-order valence-corrected chi connectivity index (χ4v) is 5.93. The van der Waals surface area contributed by atoms with Gasteiger partial charge >= 0.3 is 5.97 Å². The smallest absolute Gasteiger partial charge is 0.341 e. The third kappa shape index (κ3) is 5.03. The van der Waals surface area contributed by atoms with Gasteiger partial charge < -0.3 is 19.6 Å². The minimum atomic E-state index is -3.79. The summed E-state index contributed by atoms with van der Waals surface area (Å²) in [6.45, 7) is -0.478. The SMILES string of the molecule is O=C(O)COc1cc(Br)c(Oc2ccc3[nH]cc(S(=O)(=O)c4ccc(Cl)cc4)c3c2)c(Br)c1. The number of nitrogens with one attached hydrogen (secondary N) is 1. The number of benzene rings is 3. The summed E-state index contributed by atoms with van der Waals surface area (Å²) in [4.78, 5) is 13.9. The van der Waals surface area contributed by atoms with Crippen molar-refractivity contribution in [3.05, 3.63) is 74.8 Å². The van der Waals surface area contributed by atoms with Crippen LogP contribution in [0.1, 0.15) is 0 Å². The highest BCUT2D eigenvalue weighted by Gasteiger charge is 2.22. The molecular formula is C22H14Br2ClNO6S. The van der Waals surface area contributed by atoms with Crippen LogP contribution >= 0.6 is 43.5 Å². The summed E-state index contributed by atoms with van der Waals surface area (Å²) >= 11 is 12.7. The number of aromatic amines is 1. The second-order valence-corrected chi connectivity index (χ2v) is 10.9. The zero-order chi connectivity index (χ0) is 23.8. The standard InChI is InChI=1S/C22H14Br2ClNO6S/c23-17-8-14(31-11-21(27)28)9-18(24)22(17)32-13-3-6-19-16(7-13)20(10-26-19)33(29,30)15-4-1-12(25)2-5-15/h1-10,26H,11H2,(H,27,28). The molecule has 3 aromatic carbocycles. The fourth-order valence-electron chi connectivity index (χ4n) is 3.08. The van der Waals surface area contributed by atoms with E-state index in [0.29, 0.717) is 42.1 Å². The van der Waals surface area contributed by atoms with Crippen LogP contribution in [0, 0.1) is 0 Å². The third-order valence-electron chi connectivity index (χ3n) is 4.58. The van der Waals surface area contributed by atoms with Crippen molar-refractivity contribution in [2.24, 2.45) is 0 Å². The summed E-state index contributed by atoms with van der Waals surface area (Å²) in [5.41, 5.74) is 0.630. The number of carboxylic acids is 1. The number of carbonyl (C=O) groups is 1. The van der Waals surface area contributed by atoms with Gasteiger partial charge in [0.05, 0.1) is 18.7 Å². The Kier molecular flexibility index (Phi) is 6.71. The number of carboxylic acid groups (broad SMARTS) is 1. The lowest BCUT2D eigenvalue weighted by atomic mass is 10.2. The molecule has 0 amide bonds. The molecule has 0 aliphatic carbocycles. The lowest BCUT2D eigenvalue weighted by Gasteiger charge is -2.12. The van der Waals surface area contributed by atoms with E-state index in [9.17, 15) is 13.2 Å². The monoisotopic (exact) mass is 613 g/mol. The fraction of sp³-hybridized carbons (Fsp3) is 0.0455. The average molecular weight is 616 g/mol. The molecule has 170 valence electrons. The predicted octanol–water partition coefficient (Wildman–Crippen LogP) is 6.43. The van der Waals surface area contributed by atoms with E-state index in [-0.39, 0.29) is 9.79 Å². The molecule has 0 fully saturated rings. The zero-order valence-corrected chi connectivity index (χ0v) is 21.3. The molecule has 0 aliphatic rings. The largest absolute Gasteiger partial charge is 0.482 e. The van der Waals surface area contributed by atoms with Gasteiger partial charge in [0.2, 0.25) is 9.84 Å². The van der Waals surface area contributed by atoms with Crippen molar-refractivity contribution in [3.8, 4) is 17.2 Å². The van der Waals surface area contributed by atoms with Crippen LogP contribution in [0.3, 0.4) is 0 Å². The van der Waals surface area contributed by atoms with Crippen LogP contribution in [-0.4, -0.2) is 31.1 Å². The van der Waals surface area contributed by atoms with Gasteiger partial charge in [-0.25, -0.2) is 13.2 Å². The Morgan fingerprint density at radius 3 is 2.30 bits per heavy atom. The first-order chi connectivity index (χ1) is 15.6. The number of fused-ring (bicyclic) bond motifs is 1. The maximum absolute atomic E-state index is 13.2. The van der Waals surface area contributed by atoms with Gasteiger partial charge in [0.15, 0.2) is 12.4 Å². The zero-order valence-electron chi connectivity index (χ0n) is 16.5. The third-order valence-corrected chi connectivity index (χ3v) is 7.82. The summed E-state index contributed by atoms with van der Waals surface area (Å²) in [5.74, 6) is 0.0533. The molecule has 0 bridgehead atoms. The normalized spacial score (nSPS) is 11.5. The van der Waals surface area contributed by atoms with Gasteiger partial charge in [-0.2, -0.15) is 0 Å². The lowest BCUT2D eigenvalue weighted by molar-refractivity contribution is -0.139. The number of halogens is 3. The van der Waals surface area contributed by atoms with Crippen LogP contribution in [0.15, 0.2) is 79.5 Å². The van der Waals surface area contributed by atoms with E-state index in [1.165, 1.54) is 30.5 Å². The van der Waals surface area contributed by atoms with Gasteiger partial charge in [-0.3, -0.25) is 0 Å². The van der Waals surface area contributed by atoms with Gasteiger partial charge in [0.1, 0.15) is 11.5 Å². The predicted molar refractivity (Wildman–Crippen MR) is 130 cm³/mol. The molecule has 33 heavy (non-hydrogen) atoms. The molecule has 2 N–H and O–H groups in total. The Hall–Kier alpha value is -2.53. The number of aliphatic carboxylic acids is 1. The highest BCUT2D eigenvalue weighted by molar-refractivity contribution is 9.11. The van der Waals surface area contributed by atoms with Crippen molar-refractivity contribution in [2.75, 3.05) is 6.61 Å². The highest BCUT2D eigenvalue weighted by Crippen LogP contribution is 2.41. The molecule has 0 saturated carbocycles. The van der Waals surface area contributed by atoms with E-state index < -0.39 is 22.4 Å². The maximum atomic E-state index is 13.2. The van der Waals surface area contributed by atoms with Crippen molar-refractivity contribution in [2.45, 2.75) is 9.79 Å². The Bertz CT molecular complexity index is 1450. The highest BCUT2D eigenvalue weighted by atomic mass is 79.9. The van der Waals surface area contributed by atoms with Gasteiger partial charge in [0, 0.05) is 22.1 Å². The molecule has 4 aromatic rings. The van der Waals surface area contributed by atoms with Crippen molar-refractivity contribution < 1.29 is 27.8 Å². The minimum Gasteiger partial charge on any atom is -0.482 e. The molecule has 1 heterocycles. The number of rotatable bonds is 7. The summed E-state index contributed by atoms with van der Waals surface area (Å²) < 4.78 is 38.6. The van der Waals surface area contributed by atoms with Gasteiger partial charge in [0.25, 0.3) is 0 Å². The molecule has 0 spiro atoms. The van der Waals surface area contributed by atoms with Crippen molar-refractivity contribution in [3.63, 3.8) is 0 Å². The molecule has 7 nitrogen and oxygen atoms in total. The number of H-pyrrole nitrogens is 1. The number of aromatic nitrogens is 1. The first kappa shape index (κ1) is 23.6. The average Bonchev–Trinajstić information content (AvgIpc) is 3.19. The Labute approximate surface area is 210 Å². The number of hydrogen-bond acceptors (Lipinski definition) is 5. The van der Waals surface area contributed by atoms with Crippen LogP contribution in [0.5, 0.6) is 17.2 Å². The van der Waals surface area contributed by atoms with Crippen molar-refractivity contribution >= 4 is 70.2 Å². The molecule has 0 aliphatic heterocycles. The molecule has 0 atom stereocenters. The van der Waals surface area contributed by atoms with Crippen LogP contribution < -0.4 is 9.47 Å².